The van der Waals surface area contributed by atoms with E-state index in [1.54, 1.807) is 30.3 Å². The van der Waals surface area contributed by atoms with Crippen LogP contribution in [-0.4, -0.2) is 29.2 Å². The van der Waals surface area contributed by atoms with Crippen LogP contribution < -0.4 is 31.4 Å². The summed E-state index contributed by atoms with van der Waals surface area (Å²) in [6.07, 6.45) is 3.90. The van der Waals surface area contributed by atoms with Gasteiger partial charge in [-0.15, -0.1) is 0 Å². The lowest BCUT2D eigenvalue weighted by Crippen LogP contribution is -2.41. The van der Waals surface area contributed by atoms with E-state index in [9.17, 15) is 14.4 Å². The number of aromatic nitrogens is 2. The molecule has 1 aliphatic rings. The number of hydrogen-bond acceptors (Lipinski definition) is 6. The van der Waals surface area contributed by atoms with Crippen molar-refractivity contribution in [2.24, 2.45) is 5.92 Å². The average Bonchev–Trinajstić information content (AvgIpc) is 3.71. The van der Waals surface area contributed by atoms with E-state index >= 15 is 0 Å². The zero-order chi connectivity index (χ0) is 25.7. The number of carbonyl (C=O) groups is 1. The Hall–Kier alpha value is -4.01. The Labute approximate surface area is 209 Å². The topological polar surface area (TPSA) is 120 Å². The number of nitrogen functional groups attached to an aromatic ring is 1. The predicted molar refractivity (Wildman–Crippen MR) is 139 cm³/mol. The van der Waals surface area contributed by atoms with Crippen molar-refractivity contribution in [3.63, 3.8) is 0 Å². The quantitative estimate of drug-likeness (QED) is 0.422. The van der Waals surface area contributed by atoms with E-state index in [4.69, 9.17) is 15.2 Å². The van der Waals surface area contributed by atoms with Crippen LogP contribution in [0.1, 0.15) is 48.5 Å². The van der Waals surface area contributed by atoms with Gasteiger partial charge in [0.05, 0.1) is 20.3 Å². The highest BCUT2D eigenvalue weighted by Crippen LogP contribution is 2.30. The molecule has 4 rings (SSSR count). The largest absolute Gasteiger partial charge is 0.496 e. The third-order valence-corrected chi connectivity index (χ3v) is 6.27. The highest BCUT2D eigenvalue weighted by molar-refractivity contribution is 6.07. The number of nitrogens with zero attached hydrogens (tertiary/aromatic N) is 2. The first-order valence-electron chi connectivity index (χ1n) is 12.2. The second-order valence-electron chi connectivity index (χ2n) is 8.98. The molecule has 0 aliphatic heterocycles. The maximum Gasteiger partial charge on any atom is 0.330 e. The molecular formula is C27H32N4O5. The van der Waals surface area contributed by atoms with Crippen molar-refractivity contribution in [2.75, 3.05) is 24.4 Å². The molecule has 190 valence electrons. The predicted octanol–water partition coefficient (Wildman–Crippen LogP) is 3.56. The zero-order valence-corrected chi connectivity index (χ0v) is 20.7. The fraction of sp³-hybridized carbons (Fsp3) is 0.370. The molecular weight excluding hydrogens is 460 g/mol. The molecule has 0 radical (unpaired) electrons. The molecule has 1 amide bonds. The standard InChI is InChI=1S/C27H32N4O5/c1-3-4-15-30-24(28)23(25(32)29-27(30)34)31(16-20-7-5-6-8-22(20)35-2)26(33)19-11-13-21(14-12-19)36-17-18-9-10-18/h5-8,11-14,18H,3-4,9-10,15-17,28H2,1-2H3,(H,29,32,34). The molecule has 0 unspecified atom stereocenters. The van der Waals surface area contributed by atoms with Gasteiger partial charge in [0, 0.05) is 17.7 Å². The number of benzene rings is 2. The minimum absolute atomic E-state index is 0.0159. The molecule has 1 saturated carbocycles. The summed E-state index contributed by atoms with van der Waals surface area (Å²) >= 11 is 0. The van der Waals surface area contributed by atoms with Crippen LogP contribution in [0.2, 0.25) is 0 Å². The summed E-state index contributed by atoms with van der Waals surface area (Å²) in [6, 6.07) is 14.0. The van der Waals surface area contributed by atoms with Crippen LogP contribution in [0.5, 0.6) is 11.5 Å². The first-order valence-corrected chi connectivity index (χ1v) is 12.2. The molecule has 0 spiro atoms. The minimum Gasteiger partial charge on any atom is -0.496 e. The number of nitrogens with two attached hydrogens (primary N) is 1. The number of methoxy groups -OCH3 is 1. The summed E-state index contributed by atoms with van der Waals surface area (Å²) < 4.78 is 12.6. The number of aromatic amines is 1. The summed E-state index contributed by atoms with van der Waals surface area (Å²) in [7, 11) is 1.54. The number of hydrogen-bond donors (Lipinski definition) is 2. The van der Waals surface area contributed by atoms with Crippen molar-refractivity contribution in [3.05, 3.63) is 80.5 Å². The highest BCUT2D eigenvalue weighted by atomic mass is 16.5. The third-order valence-electron chi connectivity index (χ3n) is 6.27. The highest BCUT2D eigenvalue weighted by Gasteiger charge is 2.27. The van der Waals surface area contributed by atoms with E-state index in [1.165, 1.54) is 29.4 Å². The molecule has 0 atom stereocenters. The van der Waals surface area contributed by atoms with Crippen molar-refractivity contribution < 1.29 is 14.3 Å². The van der Waals surface area contributed by atoms with Crippen molar-refractivity contribution in [1.82, 2.24) is 9.55 Å². The van der Waals surface area contributed by atoms with Crippen LogP contribution >= 0.6 is 0 Å². The van der Waals surface area contributed by atoms with E-state index in [0.29, 0.717) is 48.1 Å². The van der Waals surface area contributed by atoms with Gasteiger partial charge in [-0.1, -0.05) is 31.5 Å². The van der Waals surface area contributed by atoms with Gasteiger partial charge in [0.1, 0.15) is 17.3 Å². The normalized spacial score (nSPS) is 12.8. The smallest absolute Gasteiger partial charge is 0.330 e. The van der Waals surface area contributed by atoms with Crippen LogP contribution in [0.3, 0.4) is 0 Å². The van der Waals surface area contributed by atoms with E-state index in [0.717, 1.165) is 6.42 Å². The van der Waals surface area contributed by atoms with Gasteiger partial charge in [0.25, 0.3) is 11.5 Å². The monoisotopic (exact) mass is 492 g/mol. The molecule has 9 heteroatoms. The van der Waals surface area contributed by atoms with Crippen LogP contribution in [0, 0.1) is 5.92 Å². The van der Waals surface area contributed by atoms with Crippen LogP contribution in [-0.2, 0) is 13.1 Å². The van der Waals surface area contributed by atoms with Gasteiger partial charge in [0.15, 0.2) is 5.69 Å². The Morgan fingerprint density at radius 2 is 1.86 bits per heavy atom. The Balaban J connectivity index is 1.74. The summed E-state index contributed by atoms with van der Waals surface area (Å²) in [6.45, 7) is 3.00. The van der Waals surface area contributed by atoms with Gasteiger partial charge in [-0.25, -0.2) is 4.79 Å². The number of para-hydroxylation sites is 1. The minimum atomic E-state index is -0.724. The van der Waals surface area contributed by atoms with E-state index in [-0.39, 0.29) is 18.1 Å². The fourth-order valence-electron chi connectivity index (χ4n) is 3.98. The first kappa shape index (κ1) is 25.1. The second kappa shape index (κ2) is 11.2. The molecule has 3 aromatic rings. The van der Waals surface area contributed by atoms with Crippen molar-refractivity contribution in [3.8, 4) is 11.5 Å². The Kier molecular flexibility index (Phi) is 7.77. The Morgan fingerprint density at radius 3 is 2.53 bits per heavy atom. The van der Waals surface area contributed by atoms with Crippen molar-refractivity contribution >= 4 is 17.4 Å². The average molecular weight is 493 g/mol. The Bertz CT molecular complexity index is 1330. The lowest BCUT2D eigenvalue weighted by molar-refractivity contribution is 0.0984. The number of ether oxygens (including phenoxy) is 2. The summed E-state index contributed by atoms with van der Waals surface area (Å²) in [5.74, 6) is 1.37. The zero-order valence-electron chi connectivity index (χ0n) is 20.7. The van der Waals surface area contributed by atoms with Gasteiger partial charge in [-0.2, -0.15) is 0 Å². The lowest BCUT2D eigenvalue weighted by atomic mass is 10.1. The number of H-pyrrole nitrogens is 1. The summed E-state index contributed by atoms with van der Waals surface area (Å²) in [4.78, 5) is 42.9. The molecule has 2 aromatic carbocycles. The molecule has 36 heavy (non-hydrogen) atoms. The summed E-state index contributed by atoms with van der Waals surface area (Å²) in [5, 5.41) is 0. The van der Waals surface area contributed by atoms with Crippen molar-refractivity contribution in [2.45, 2.75) is 45.7 Å². The lowest BCUT2D eigenvalue weighted by Gasteiger charge is -2.25. The fourth-order valence-corrected chi connectivity index (χ4v) is 3.98. The molecule has 1 heterocycles. The van der Waals surface area contributed by atoms with Crippen molar-refractivity contribution in [1.29, 1.82) is 0 Å². The SMILES string of the molecule is CCCCn1c(N)c(N(Cc2ccccc2OC)C(=O)c2ccc(OCC3CC3)cc2)c(=O)[nH]c1=O. The molecule has 0 bridgehead atoms. The molecule has 3 N–H and O–H groups in total. The number of rotatable bonds is 11. The third kappa shape index (κ3) is 5.62. The van der Waals surface area contributed by atoms with Crippen LogP contribution in [0.15, 0.2) is 58.1 Å². The van der Waals surface area contributed by atoms with Crippen LogP contribution in [0.4, 0.5) is 11.5 Å². The Morgan fingerprint density at radius 1 is 1.14 bits per heavy atom. The number of carbonyl (C=O) groups excluding carboxylic acids is 1. The van der Waals surface area contributed by atoms with Gasteiger partial charge in [-0.3, -0.25) is 24.0 Å². The van der Waals surface area contributed by atoms with Gasteiger partial charge in [0.2, 0.25) is 0 Å². The molecule has 1 fully saturated rings. The van der Waals surface area contributed by atoms with Crippen LogP contribution in [0.25, 0.3) is 0 Å². The number of amides is 1. The number of anilines is 2. The second-order valence-corrected chi connectivity index (χ2v) is 8.98. The van der Waals surface area contributed by atoms with Gasteiger partial charge < -0.3 is 15.2 Å². The molecule has 9 nitrogen and oxygen atoms in total. The van der Waals surface area contributed by atoms with E-state index in [1.807, 2.05) is 25.1 Å². The summed E-state index contributed by atoms with van der Waals surface area (Å²) in [5.41, 5.74) is 6.00. The maximum absolute atomic E-state index is 13.8. The number of nitrogens with one attached hydrogen (secondary N) is 1. The van der Waals surface area contributed by atoms with Gasteiger partial charge >= 0.3 is 5.69 Å². The van der Waals surface area contributed by atoms with E-state index < -0.39 is 17.2 Å². The maximum atomic E-state index is 13.8. The number of unbranched alkanes of at least 4 members (excludes halogenated alkanes) is 1. The van der Waals surface area contributed by atoms with Gasteiger partial charge in [-0.05, 0) is 55.5 Å². The molecule has 1 aromatic heterocycles. The first-order chi connectivity index (χ1) is 17.4. The molecule has 0 saturated heterocycles. The van der Waals surface area contributed by atoms with E-state index in [2.05, 4.69) is 4.98 Å². The molecule has 1 aliphatic carbocycles.